The number of benzene rings is 1. The summed E-state index contributed by atoms with van der Waals surface area (Å²) < 4.78 is 5.52. The van der Waals surface area contributed by atoms with Crippen LogP contribution in [0.5, 0.6) is 0 Å². The first kappa shape index (κ1) is 18.2. The van der Waals surface area contributed by atoms with Gasteiger partial charge in [0.15, 0.2) is 0 Å². The average molecular weight is 345 g/mol. The second kappa shape index (κ2) is 8.19. The third-order valence-electron chi connectivity index (χ3n) is 5.12. The molecule has 0 atom stereocenters. The third-order valence-corrected chi connectivity index (χ3v) is 5.12. The molecule has 1 aromatic rings. The van der Waals surface area contributed by atoms with Crippen molar-refractivity contribution in [3.8, 4) is 0 Å². The lowest BCUT2D eigenvalue weighted by molar-refractivity contribution is -0.0229. The SMILES string of the molecule is Cc1cccc(NC(=O)N2CC(N(CC(C)C)C3CCOCC3)C2)c1. The zero-order valence-corrected chi connectivity index (χ0v) is 15.7. The zero-order chi connectivity index (χ0) is 17.8. The number of nitrogens with one attached hydrogen (secondary N) is 1. The average Bonchev–Trinajstić information content (AvgIpc) is 2.53. The summed E-state index contributed by atoms with van der Waals surface area (Å²) in [5.74, 6) is 0.637. The Labute approximate surface area is 151 Å². The van der Waals surface area contributed by atoms with E-state index < -0.39 is 0 Å². The number of carbonyl (C=O) groups is 1. The van der Waals surface area contributed by atoms with Crippen LogP contribution in [0.2, 0.25) is 0 Å². The van der Waals surface area contributed by atoms with Crippen molar-refractivity contribution < 1.29 is 9.53 Å². The quantitative estimate of drug-likeness (QED) is 0.890. The van der Waals surface area contributed by atoms with Crippen LogP contribution in [0.15, 0.2) is 24.3 Å². The van der Waals surface area contributed by atoms with Crippen molar-refractivity contribution in [3.05, 3.63) is 29.8 Å². The number of amides is 2. The van der Waals surface area contributed by atoms with Crippen molar-refractivity contribution in [1.29, 1.82) is 0 Å². The van der Waals surface area contributed by atoms with E-state index >= 15 is 0 Å². The third kappa shape index (κ3) is 4.73. The number of carbonyl (C=O) groups excluding carboxylic acids is 1. The van der Waals surface area contributed by atoms with Crippen LogP contribution in [0.25, 0.3) is 0 Å². The van der Waals surface area contributed by atoms with Gasteiger partial charge >= 0.3 is 6.03 Å². The van der Waals surface area contributed by atoms with Crippen LogP contribution in [0.1, 0.15) is 32.3 Å². The minimum Gasteiger partial charge on any atom is -0.381 e. The molecule has 0 aliphatic carbocycles. The molecule has 1 N–H and O–H groups in total. The Kier molecular flexibility index (Phi) is 5.97. The van der Waals surface area contributed by atoms with Gasteiger partial charge in [-0.3, -0.25) is 4.90 Å². The van der Waals surface area contributed by atoms with Gasteiger partial charge in [0.1, 0.15) is 0 Å². The largest absolute Gasteiger partial charge is 0.381 e. The number of aryl methyl sites for hydroxylation is 1. The molecule has 2 amide bonds. The summed E-state index contributed by atoms with van der Waals surface area (Å²) in [5.41, 5.74) is 2.03. The first-order valence-corrected chi connectivity index (χ1v) is 9.49. The summed E-state index contributed by atoms with van der Waals surface area (Å²) in [7, 11) is 0. The lowest BCUT2D eigenvalue weighted by Crippen LogP contribution is -2.64. The summed E-state index contributed by atoms with van der Waals surface area (Å²) in [6.45, 7) is 11.0. The molecule has 0 radical (unpaired) electrons. The zero-order valence-electron chi connectivity index (χ0n) is 15.7. The summed E-state index contributed by atoms with van der Waals surface area (Å²) >= 11 is 0. The minimum atomic E-state index is 0.0123. The van der Waals surface area contributed by atoms with Crippen LogP contribution in [0.4, 0.5) is 10.5 Å². The fraction of sp³-hybridized carbons (Fsp3) is 0.650. The molecule has 1 aromatic carbocycles. The van der Waals surface area contributed by atoms with Gasteiger partial charge in [0, 0.05) is 50.6 Å². The molecule has 5 heteroatoms. The van der Waals surface area contributed by atoms with Crippen molar-refractivity contribution in [1.82, 2.24) is 9.80 Å². The molecule has 0 bridgehead atoms. The van der Waals surface area contributed by atoms with Crippen LogP contribution in [-0.4, -0.2) is 60.8 Å². The first-order chi connectivity index (χ1) is 12.0. The standard InChI is InChI=1S/C20H31N3O2/c1-15(2)12-23(18-7-9-25-10-8-18)19-13-22(14-19)20(24)21-17-6-4-5-16(3)11-17/h4-6,11,15,18-19H,7-10,12-14H2,1-3H3,(H,21,24). The number of urea groups is 1. The highest BCUT2D eigenvalue weighted by atomic mass is 16.5. The second-order valence-electron chi connectivity index (χ2n) is 7.79. The molecular formula is C20H31N3O2. The number of hydrogen-bond donors (Lipinski definition) is 1. The van der Waals surface area contributed by atoms with Crippen LogP contribution in [-0.2, 0) is 4.74 Å². The van der Waals surface area contributed by atoms with Gasteiger partial charge in [-0.2, -0.15) is 0 Å². The van der Waals surface area contributed by atoms with Gasteiger partial charge in [-0.25, -0.2) is 4.79 Å². The maximum absolute atomic E-state index is 12.4. The topological polar surface area (TPSA) is 44.8 Å². The monoisotopic (exact) mass is 345 g/mol. The molecule has 0 unspecified atom stereocenters. The van der Waals surface area contributed by atoms with Crippen molar-refractivity contribution >= 4 is 11.7 Å². The number of anilines is 1. The van der Waals surface area contributed by atoms with Gasteiger partial charge in [0.05, 0.1) is 0 Å². The normalized spacial score (nSPS) is 19.3. The van der Waals surface area contributed by atoms with Crippen molar-refractivity contribution in [2.24, 2.45) is 5.92 Å². The maximum atomic E-state index is 12.4. The molecule has 2 aliphatic rings. The van der Waals surface area contributed by atoms with E-state index in [1.54, 1.807) is 0 Å². The van der Waals surface area contributed by atoms with Crippen LogP contribution in [0.3, 0.4) is 0 Å². The van der Waals surface area contributed by atoms with Crippen LogP contribution in [0, 0.1) is 12.8 Å². The van der Waals surface area contributed by atoms with E-state index in [0.717, 1.165) is 56.9 Å². The van der Waals surface area contributed by atoms with E-state index in [1.165, 1.54) is 0 Å². The molecular weight excluding hydrogens is 314 g/mol. The van der Waals surface area contributed by atoms with Crippen LogP contribution < -0.4 is 5.32 Å². The highest BCUT2D eigenvalue weighted by Gasteiger charge is 2.38. The van der Waals surface area contributed by atoms with Gasteiger partial charge in [-0.1, -0.05) is 26.0 Å². The summed E-state index contributed by atoms with van der Waals surface area (Å²) in [6, 6.07) is 9.04. The second-order valence-corrected chi connectivity index (χ2v) is 7.79. The molecule has 3 rings (SSSR count). The van der Waals surface area contributed by atoms with Gasteiger partial charge in [0.25, 0.3) is 0 Å². The lowest BCUT2D eigenvalue weighted by atomic mass is 9.98. The minimum absolute atomic E-state index is 0.0123. The smallest absolute Gasteiger partial charge is 0.321 e. The highest BCUT2D eigenvalue weighted by molar-refractivity contribution is 5.90. The number of hydrogen-bond acceptors (Lipinski definition) is 3. The van der Waals surface area contributed by atoms with Gasteiger partial charge in [-0.05, 0) is 43.4 Å². The Morgan fingerprint density at radius 1 is 1.28 bits per heavy atom. The Morgan fingerprint density at radius 2 is 2.00 bits per heavy atom. The van der Waals surface area contributed by atoms with E-state index in [2.05, 4.69) is 24.1 Å². The van der Waals surface area contributed by atoms with E-state index in [4.69, 9.17) is 4.74 Å². The molecule has 0 aromatic heterocycles. The number of likely N-dealkylation sites (tertiary alicyclic amines) is 1. The van der Waals surface area contributed by atoms with E-state index in [-0.39, 0.29) is 6.03 Å². The Bertz CT molecular complexity index is 578. The molecule has 0 spiro atoms. The lowest BCUT2D eigenvalue weighted by Gasteiger charge is -2.49. The predicted molar refractivity (Wildman–Crippen MR) is 101 cm³/mol. The maximum Gasteiger partial charge on any atom is 0.321 e. The Hall–Kier alpha value is -1.59. The van der Waals surface area contributed by atoms with Crippen molar-refractivity contribution in [2.75, 3.05) is 38.2 Å². The predicted octanol–water partition coefficient (Wildman–Crippen LogP) is 3.35. The summed E-state index contributed by atoms with van der Waals surface area (Å²) in [5, 5.41) is 3.01. The molecule has 2 heterocycles. The molecule has 5 nitrogen and oxygen atoms in total. The summed E-state index contributed by atoms with van der Waals surface area (Å²) in [4.78, 5) is 17.0. The fourth-order valence-corrected chi connectivity index (χ4v) is 3.79. The van der Waals surface area contributed by atoms with Gasteiger partial charge in [-0.15, -0.1) is 0 Å². The number of ether oxygens (including phenoxy) is 1. The van der Waals surface area contributed by atoms with E-state index in [9.17, 15) is 4.79 Å². The van der Waals surface area contributed by atoms with Gasteiger partial charge in [0.2, 0.25) is 0 Å². The molecule has 2 fully saturated rings. The summed E-state index contributed by atoms with van der Waals surface area (Å²) in [6.07, 6.45) is 2.22. The van der Waals surface area contributed by atoms with Crippen LogP contribution >= 0.6 is 0 Å². The molecule has 25 heavy (non-hydrogen) atoms. The van der Waals surface area contributed by atoms with Gasteiger partial charge < -0.3 is 15.0 Å². The number of rotatable bonds is 5. The Balaban J connectivity index is 1.54. The number of nitrogens with zero attached hydrogens (tertiary/aromatic N) is 2. The molecule has 138 valence electrons. The van der Waals surface area contributed by atoms with E-state index in [1.807, 2.05) is 36.1 Å². The molecule has 2 aliphatic heterocycles. The molecule has 2 saturated heterocycles. The fourth-order valence-electron chi connectivity index (χ4n) is 3.79. The molecule has 0 saturated carbocycles. The van der Waals surface area contributed by atoms with Crippen molar-refractivity contribution in [3.63, 3.8) is 0 Å². The van der Waals surface area contributed by atoms with E-state index in [0.29, 0.717) is 18.0 Å². The first-order valence-electron chi connectivity index (χ1n) is 9.49. The Morgan fingerprint density at radius 3 is 2.64 bits per heavy atom. The van der Waals surface area contributed by atoms with Crippen molar-refractivity contribution in [2.45, 2.75) is 45.7 Å². The highest BCUT2D eigenvalue weighted by Crippen LogP contribution is 2.25.